The Morgan fingerprint density at radius 2 is 2.11 bits per heavy atom. The lowest BCUT2D eigenvalue weighted by molar-refractivity contribution is -0.149. The van der Waals surface area contributed by atoms with Gasteiger partial charge in [0.1, 0.15) is 0 Å². The maximum atomic E-state index is 11.9. The number of carboxylic acid groups (broad SMARTS) is 1. The van der Waals surface area contributed by atoms with Gasteiger partial charge in [-0.05, 0) is 19.4 Å². The molecule has 1 amide bonds. The van der Waals surface area contributed by atoms with Crippen LogP contribution in [0.15, 0.2) is 0 Å². The molecule has 0 aromatic rings. The minimum Gasteiger partial charge on any atom is -0.481 e. The third kappa shape index (κ3) is 3.45. The number of hydrogen-bond donors (Lipinski definition) is 2. The molecule has 1 fully saturated rings. The lowest BCUT2D eigenvalue weighted by Gasteiger charge is -2.24. The van der Waals surface area contributed by atoms with E-state index in [0.29, 0.717) is 38.9 Å². The van der Waals surface area contributed by atoms with E-state index in [4.69, 9.17) is 0 Å². The molecule has 18 heavy (non-hydrogen) atoms. The molecular weight excluding hydrogens is 232 g/mol. The van der Waals surface area contributed by atoms with Gasteiger partial charge in [-0.2, -0.15) is 0 Å². The fourth-order valence-electron chi connectivity index (χ4n) is 2.58. The Morgan fingerprint density at radius 1 is 1.39 bits per heavy atom. The molecule has 0 saturated carbocycles. The molecule has 1 saturated heterocycles. The Kier molecular flexibility index (Phi) is 5.59. The van der Waals surface area contributed by atoms with Crippen molar-refractivity contribution in [3.8, 4) is 0 Å². The summed E-state index contributed by atoms with van der Waals surface area (Å²) < 4.78 is 0. The molecule has 1 heterocycles. The van der Waals surface area contributed by atoms with E-state index in [1.54, 1.807) is 4.90 Å². The summed E-state index contributed by atoms with van der Waals surface area (Å²) in [6.45, 7) is 6.46. The first-order chi connectivity index (χ1) is 8.55. The van der Waals surface area contributed by atoms with Gasteiger partial charge >= 0.3 is 5.97 Å². The van der Waals surface area contributed by atoms with E-state index in [2.05, 4.69) is 5.32 Å². The molecule has 0 bridgehead atoms. The van der Waals surface area contributed by atoms with Gasteiger partial charge in [0.05, 0.1) is 5.41 Å². The molecule has 0 spiro atoms. The smallest absolute Gasteiger partial charge is 0.311 e. The van der Waals surface area contributed by atoms with Gasteiger partial charge in [-0.3, -0.25) is 9.59 Å². The second-order valence-corrected chi connectivity index (χ2v) is 5.00. The van der Waals surface area contributed by atoms with Gasteiger partial charge in [0.25, 0.3) is 0 Å². The van der Waals surface area contributed by atoms with Crippen LogP contribution < -0.4 is 5.32 Å². The topological polar surface area (TPSA) is 69.6 Å². The standard InChI is InChI=1S/C13H24N2O3/c1-3-6-13(12(17)18)7-9-15(10-13)11(16)5-8-14-4-2/h14H,3-10H2,1-2H3,(H,17,18). The van der Waals surface area contributed by atoms with Gasteiger partial charge in [-0.15, -0.1) is 0 Å². The van der Waals surface area contributed by atoms with Crippen molar-refractivity contribution in [1.29, 1.82) is 0 Å². The highest BCUT2D eigenvalue weighted by atomic mass is 16.4. The van der Waals surface area contributed by atoms with Gasteiger partial charge in [0, 0.05) is 26.1 Å². The lowest BCUT2D eigenvalue weighted by Crippen LogP contribution is -2.37. The summed E-state index contributed by atoms with van der Waals surface area (Å²) in [6.07, 6.45) is 2.53. The molecule has 1 aliphatic heterocycles. The van der Waals surface area contributed by atoms with Crippen molar-refractivity contribution in [2.45, 2.75) is 39.5 Å². The van der Waals surface area contributed by atoms with E-state index in [0.717, 1.165) is 13.0 Å². The Labute approximate surface area is 109 Å². The second kappa shape index (κ2) is 6.73. The first-order valence-electron chi connectivity index (χ1n) is 6.77. The van der Waals surface area contributed by atoms with Crippen molar-refractivity contribution in [2.24, 2.45) is 5.41 Å². The number of nitrogens with zero attached hydrogens (tertiary/aromatic N) is 1. The van der Waals surface area contributed by atoms with Crippen LogP contribution in [0.3, 0.4) is 0 Å². The predicted octanol–water partition coefficient (Wildman–Crippen LogP) is 1.09. The summed E-state index contributed by atoms with van der Waals surface area (Å²) in [5.74, 6) is -0.693. The van der Waals surface area contributed by atoms with Crippen molar-refractivity contribution in [3.63, 3.8) is 0 Å². The molecule has 5 heteroatoms. The Balaban J connectivity index is 2.52. The number of rotatable bonds is 7. The lowest BCUT2D eigenvalue weighted by atomic mass is 9.83. The highest BCUT2D eigenvalue weighted by molar-refractivity contribution is 5.80. The first-order valence-corrected chi connectivity index (χ1v) is 6.77. The van der Waals surface area contributed by atoms with Crippen LogP contribution in [0.2, 0.25) is 0 Å². The van der Waals surface area contributed by atoms with E-state index in [-0.39, 0.29) is 5.91 Å². The van der Waals surface area contributed by atoms with Gasteiger partial charge < -0.3 is 15.3 Å². The summed E-state index contributed by atoms with van der Waals surface area (Å²) in [6, 6.07) is 0. The van der Waals surface area contributed by atoms with Crippen molar-refractivity contribution >= 4 is 11.9 Å². The zero-order valence-electron chi connectivity index (χ0n) is 11.4. The number of carbonyl (C=O) groups is 2. The molecule has 2 N–H and O–H groups in total. The normalized spacial score (nSPS) is 23.3. The van der Waals surface area contributed by atoms with E-state index >= 15 is 0 Å². The van der Waals surface area contributed by atoms with Crippen LogP contribution in [0, 0.1) is 5.41 Å². The third-order valence-corrected chi connectivity index (χ3v) is 3.65. The molecule has 104 valence electrons. The average molecular weight is 256 g/mol. The summed E-state index contributed by atoms with van der Waals surface area (Å²) in [5.41, 5.74) is -0.706. The summed E-state index contributed by atoms with van der Waals surface area (Å²) >= 11 is 0. The van der Waals surface area contributed by atoms with E-state index in [9.17, 15) is 14.7 Å². The molecule has 1 atom stereocenters. The zero-order chi connectivity index (χ0) is 13.6. The molecule has 0 radical (unpaired) electrons. The molecule has 0 aromatic heterocycles. The number of aliphatic carboxylic acids is 1. The molecular formula is C13H24N2O3. The first kappa shape index (κ1) is 15.0. The largest absolute Gasteiger partial charge is 0.481 e. The summed E-state index contributed by atoms with van der Waals surface area (Å²) in [7, 11) is 0. The van der Waals surface area contributed by atoms with Crippen molar-refractivity contribution in [1.82, 2.24) is 10.2 Å². The van der Waals surface area contributed by atoms with Gasteiger partial charge in [-0.25, -0.2) is 0 Å². The summed E-state index contributed by atoms with van der Waals surface area (Å²) in [5, 5.41) is 12.5. The zero-order valence-corrected chi connectivity index (χ0v) is 11.4. The number of likely N-dealkylation sites (tertiary alicyclic amines) is 1. The minimum absolute atomic E-state index is 0.0650. The third-order valence-electron chi connectivity index (χ3n) is 3.65. The number of carbonyl (C=O) groups excluding carboxylic acids is 1. The van der Waals surface area contributed by atoms with Gasteiger partial charge in [0.2, 0.25) is 5.91 Å². The summed E-state index contributed by atoms with van der Waals surface area (Å²) in [4.78, 5) is 25.0. The molecule has 1 unspecified atom stereocenters. The molecule has 1 rings (SSSR count). The number of amides is 1. The van der Waals surface area contributed by atoms with Crippen LogP contribution in [0.4, 0.5) is 0 Å². The number of carboxylic acids is 1. The second-order valence-electron chi connectivity index (χ2n) is 5.00. The Bertz CT molecular complexity index is 307. The molecule has 1 aliphatic rings. The van der Waals surface area contributed by atoms with Crippen LogP contribution in [-0.4, -0.2) is 48.1 Å². The highest BCUT2D eigenvalue weighted by Gasteiger charge is 2.45. The van der Waals surface area contributed by atoms with Crippen molar-refractivity contribution in [3.05, 3.63) is 0 Å². The molecule has 0 aromatic carbocycles. The minimum atomic E-state index is -0.758. The van der Waals surface area contributed by atoms with Crippen molar-refractivity contribution in [2.75, 3.05) is 26.2 Å². The van der Waals surface area contributed by atoms with E-state index < -0.39 is 11.4 Å². The predicted molar refractivity (Wildman–Crippen MR) is 69.3 cm³/mol. The quantitative estimate of drug-likeness (QED) is 0.669. The van der Waals surface area contributed by atoms with Crippen molar-refractivity contribution < 1.29 is 14.7 Å². The van der Waals surface area contributed by atoms with Gasteiger partial charge in [0.15, 0.2) is 0 Å². The number of hydrogen-bond acceptors (Lipinski definition) is 3. The SMILES string of the molecule is CCCC1(C(=O)O)CCN(C(=O)CCNCC)C1. The van der Waals surface area contributed by atoms with Crippen LogP contribution in [0.25, 0.3) is 0 Å². The monoisotopic (exact) mass is 256 g/mol. The fraction of sp³-hybridized carbons (Fsp3) is 0.846. The van der Waals surface area contributed by atoms with Crippen LogP contribution >= 0.6 is 0 Å². The molecule has 0 aliphatic carbocycles. The Morgan fingerprint density at radius 3 is 2.67 bits per heavy atom. The average Bonchev–Trinajstić information content (AvgIpc) is 2.75. The fourth-order valence-corrected chi connectivity index (χ4v) is 2.58. The maximum Gasteiger partial charge on any atom is 0.311 e. The van der Waals surface area contributed by atoms with Crippen LogP contribution in [0.5, 0.6) is 0 Å². The number of nitrogens with one attached hydrogen (secondary N) is 1. The maximum absolute atomic E-state index is 11.9. The van der Waals surface area contributed by atoms with Gasteiger partial charge in [-0.1, -0.05) is 20.3 Å². The highest BCUT2D eigenvalue weighted by Crippen LogP contribution is 2.35. The van der Waals surface area contributed by atoms with E-state index in [1.807, 2.05) is 13.8 Å². The Hall–Kier alpha value is -1.10. The van der Waals surface area contributed by atoms with E-state index in [1.165, 1.54) is 0 Å². The molecule has 5 nitrogen and oxygen atoms in total. The van der Waals surface area contributed by atoms with Crippen LogP contribution in [0.1, 0.15) is 39.5 Å². The van der Waals surface area contributed by atoms with Crippen LogP contribution in [-0.2, 0) is 9.59 Å².